The summed E-state index contributed by atoms with van der Waals surface area (Å²) < 4.78 is 0. The molecule has 0 atom stereocenters. The number of aryl methyl sites for hydroxylation is 1. The van der Waals surface area contributed by atoms with Crippen LogP contribution in [-0.2, 0) is 11.3 Å². The number of pyridine rings is 1. The van der Waals surface area contributed by atoms with Gasteiger partial charge in [-0.15, -0.1) is 0 Å². The van der Waals surface area contributed by atoms with Crippen molar-refractivity contribution in [3.63, 3.8) is 0 Å². The van der Waals surface area contributed by atoms with Crippen LogP contribution in [0.2, 0.25) is 0 Å². The first-order valence-electron chi connectivity index (χ1n) is 9.43. The van der Waals surface area contributed by atoms with Crippen LogP contribution in [0.1, 0.15) is 42.4 Å². The molecule has 0 radical (unpaired) electrons. The quantitative estimate of drug-likeness (QED) is 0.827. The minimum atomic E-state index is -0.0952. The van der Waals surface area contributed by atoms with Crippen LogP contribution in [0.4, 0.5) is 5.82 Å². The number of aromatic nitrogens is 1. The van der Waals surface area contributed by atoms with Gasteiger partial charge in [0.05, 0.1) is 0 Å². The van der Waals surface area contributed by atoms with Crippen LogP contribution in [-0.4, -0.2) is 24.0 Å². The van der Waals surface area contributed by atoms with E-state index < -0.39 is 0 Å². The highest BCUT2D eigenvalue weighted by molar-refractivity contribution is 5.91. The Hall–Kier alpha value is -2.62. The maximum Gasteiger partial charge on any atom is 0.244 e. The van der Waals surface area contributed by atoms with Gasteiger partial charge in [0.1, 0.15) is 5.82 Å². The molecule has 3 rings (SSSR count). The van der Waals surface area contributed by atoms with Crippen LogP contribution in [0.25, 0.3) is 6.08 Å². The van der Waals surface area contributed by atoms with Crippen molar-refractivity contribution in [3.8, 4) is 0 Å². The van der Waals surface area contributed by atoms with Gasteiger partial charge in [0.2, 0.25) is 5.91 Å². The molecule has 0 aliphatic carbocycles. The van der Waals surface area contributed by atoms with Crippen LogP contribution in [0, 0.1) is 6.92 Å². The Bertz CT molecular complexity index is 727. The molecular formula is C22H27N3O. The van der Waals surface area contributed by atoms with E-state index in [2.05, 4.69) is 27.3 Å². The lowest BCUT2D eigenvalue weighted by molar-refractivity contribution is -0.116. The molecule has 26 heavy (non-hydrogen) atoms. The molecule has 1 aliphatic rings. The highest BCUT2D eigenvalue weighted by Crippen LogP contribution is 2.17. The summed E-state index contributed by atoms with van der Waals surface area (Å²) in [5, 5.41) is 2.91. The zero-order chi connectivity index (χ0) is 18.2. The van der Waals surface area contributed by atoms with Crippen LogP contribution < -0.4 is 10.2 Å². The van der Waals surface area contributed by atoms with Gasteiger partial charge in [-0.05, 0) is 43.0 Å². The van der Waals surface area contributed by atoms with Gasteiger partial charge in [-0.25, -0.2) is 4.98 Å². The highest BCUT2D eigenvalue weighted by Gasteiger charge is 2.10. The number of carbonyl (C=O) groups excluding carboxylic acids is 1. The normalized spacial score (nSPS) is 15.0. The Kier molecular flexibility index (Phi) is 6.42. The van der Waals surface area contributed by atoms with E-state index in [1.54, 1.807) is 6.08 Å². The summed E-state index contributed by atoms with van der Waals surface area (Å²) in [6.07, 6.45) is 10.4. The number of carbonyl (C=O) groups is 1. The first-order chi connectivity index (χ1) is 12.7. The van der Waals surface area contributed by atoms with E-state index in [0.717, 1.165) is 30.0 Å². The maximum atomic E-state index is 12.0. The number of rotatable bonds is 5. The Morgan fingerprint density at radius 2 is 1.81 bits per heavy atom. The Morgan fingerprint density at radius 1 is 1.08 bits per heavy atom. The number of hydrogen-bond acceptors (Lipinski definition) is 3. The van der Waals surface area contributed by atoms with Crippen molar-refractivity contribution < 1.29 is 4.79 Å². The predicted octanol–water partition coefficient (Wildman–Crippen LogP) is 4.10. The van der Waals surface area contributed by atoms with E-state index in [1.807, 2.05) is 43.5 Å². The topological polar surface area (TPSA) is 45.2 Å². The molecule has 0 saturated carbocycles. The minimum Gasteiger partial charge on any atom is -0.357 e. The van der Waals surface area contributed by atoms with E-state index in [0.29, 0.717) is 6.54 Å². The fourth-order valence-corrected chi connectivity index (χ4v) is 3.11. The molecule has 4 nitrogen and oxygen atoms in total. The lowest BCUT2D eigenvalue weighted by atomic mass is 10.1. The van der Waals surface area contributed by atoms with Crippen LogP contribution in [0.3, 0.4) is 0 Å². The molecule has 0 spiro atoms. The van der Waals surface area contributed by atoms with Gasteiger partial charge in [-0.2, -0.15) is 0 Å². The first kappa shape index (κ1) is 18.2. The van der Waals surface area contributed by atoms with Crippen molar-refractivity contribution in [2.45, 2.75) is 39.2 Å². The third-order valence-corrected chi connectivity index (χ3v) is 4.71. The van der Waals surface area contributed by atoms with E-state index in [-0.39, 0.29) is 5.91 Å². The number of hydrogen-bond donors (Lipinski definition) is 1. The molecule has 1 fully saturated rings. The monoisotopic (exact) mass is 349 g/mol. The zero-order valence-electron chi connectivity index (χ0n) is 15.4. The molecule has 136 valence electrons. The van der Waals surface area contributed by atoms with Crippen molar-refractivity contribution in [3.05, 3.63) is 65.4 Å². The number of nitrogens with zero attached hydrogens (tertiary/aromatic N) is 2. The van der Waals surface area contributed by atoms with E-state index >= 15 is 0 Å². The molecule has 1 amide bonds. The van der Waals surface area contributed by atoms with E-state index in [9.17, 15) is 4.79 Å². The van der Waals surface area contributed by atoms with Gasteiger partial charge in [-0.3, -0.25) is 4.79 Å². The summed E-state index contributed by atoms with van der Waals surface area (Å²) in [4.78, 5) is 18.9. The maximum absolute atomic E-state index is 12.0. The molecule has 2 aromatic rings. The standard InChI is InChI=1S/C22H27N3O/c1-18-6-8-19(9-7-18)11-13-22(26)24-17-20-10-12-21(23-16-20)25-14-4-2-3-5-15-25/h6-13,16H,2-5,14-15,17H2,1H3,(H,24,26). The van der Waals surface area contributed by atoms with Crippen LogP contribution in [0.5, 0.6) is 0 Å². The lowest BCUT2D eigenvalue weighted by Crippen LogP contribution is -2.25. The average Bonchev–Trinajstić information content (AvgIpc) is 2.96. The second-order valence-corrected chi connectivity index (χ2v) is 6.89. The van der Waals surface area contributed by atoms with Gasteiger partial charge in [0, 0.05) is 31.9 Å². The molecule has 1 aliphatic heterocycles. The molecule has 1 aromatic carbocycles. The molecule has 0 bridgehead atoms. The lowest BCUT2D eigenvalue weighted by Gasteiger charge is -2.21. The van der Waals surface area contributed by atoms with Gasteiger partial charge >= 0.3 is 0 Å². The summed E-state index contributed by atoms with van der Waals surface area (Å²) >= 11 is 0. The third-order valence-electron chi connectivity index (χ3n) is 4.71. The van der Waals surface area contributed by atoms with Gasteiger partial charge < -0.3 is 10.2 Å². The largest absolute Gasteiger partial charge is 0.357 e. The SMILES string of the molecule is Cc1ccc(C=CC(=O)NCc2ccc(N3CCCCCC3)nc2)cc1. The number of nitrogens with one attached hydrogen (secondary N) is 1. The molecule has 0 unspecified atom stereocenters. The summed E-state index contributed by atoms with van der Waals surface area (Å²) in [6, 6.07) is 12.2. The molecule has 1 saturated heterocycles. The van der Waals surface area contributed by atoms with E-state index in [4.69, 9.17) is 0 Å². The van der Waals surface area contributed by atoms with Gasteiger partial charge in [0.15, 0.2) is 0 Å². The van der Waals surface area contributed by atoms with Crippen molar-refractivity contribution in [2.24, 2.45) is 0 Å². The zero-order valence-corrected chi connectivity index (χ0v) is 15.4. The molecule has 4 heteroatoms. The highest BCUT2D eigenvalue weighted by atomic mass is 16.1. The molecule has 1 aromatic heterocycles. The summed E-state index contributed by atoms with van der Waals surface area (Å²) in [5.74, 6) is 0.948. The summed E-state index contributed by atoms with van der Waals surface area (Å²) in [6.45, 7) is 4.72. The number of benzene rings is 1. The average molecular weight is 349 g/mol. The second-order valence-electron chi connectivity index (χ2n) is 6.89. The smallest absolute Gasteiger partial charge is 0.244 e. The first-order valence-corrected chi connectivity index (χ1v) is 9.43. The third kappa shape index (κ3) is 5.45. The van der Waals surface area contributed by atoms with E-state index in [1.165, 1.54) is 31.2 Å². The Labute approximate surface area is 155 Å². The summed E-state index contributed by atoms with van der Waals surface area (Å²) in [7, 11) is 0. The summed E-state index contributed by atoms with van der Waals surface area (Å²) in [5.41, 5.74) is 3.25. The molecule has 2 heterocycles. The van der Waals surface area contributed by atoms with Crippen molar-refractivity contribution >= 4 is 17.8 Å². The second kappa shape index (κ2) is 9.18. The Morgan fingerprint density at radius 3 is 2.46 bits per heavy atom. The van der Waals surface area contributed by atoms with Gasteiger partial charge in [-0.1, -0.05) is 48.7 Å². The minimum absolute atomic E-state index is 0.0952. The Balaban J connectivity index is 1.49. The predicted molar refractivity (Wildman–Crippen MR) is 107 cm³/mol. The van der Waals surface area contributed by atoms with Crippen LogP contribution >= 0.6 is 0 Å². The van der Waals surface area contributed by atoms with Gasteiger partial charge in [0.25, 0.3) is 0 Å². The van der Waals surface area contributed by atoms with Crippen molar-refractivity contribution in [1.82, 2.24) is 10.3 Å². The fourth-order valence-electron chi connectivity index (χ4n) is 3.11. The number of anilines is 1. The van der Waals surface area contributed by atoms with Crippen molar-refractivity contribution in [1.29, 1.82) is 0 Å². The molecular weight excluding hydrogens is 322 g/mol. The van der Waals surface area contributed by atoms with Crippen molar-refractivity contribution in [2.75, 3.05) is 18.0 Å². The van der Waals surface area contributed by atoms with Crippen LogP contribution in [0.15, 0.2) is 48.7 Å². The fraction of sp³-hybridized carbons (Fsp3) is 0.364. The molecule has 1 N–H and O–H groups in total. The number of amides is 1.